The van der Waals surface area contributed by atoms with E-state index in [9.17, 15) is 4.79 Å². The van der Waals surface area contributed by atoms with Crippen molar-refractivity contribution in [1.29, 1.82) is 0 Å². The van der Waals surface area contributed by atoms with Crippen LogP contribution in [0, 0.1) is 0 Å². The lowest BCUT2D eigenvalue weighted by atomic mass is 10.1. The van der Waals surface area contributed by atoms with Gasteiger partial charge in [0.05, 0.1) is 11.6 Å². The zero-order valence-corrected chi connectivity index (χ0v) is 19.8. The maximum absolute atomic E-state index is 12.8. The fourth-order valence-electron chi connectivity index (χ4n) is 4.24. The number of aromatic amines is 1. The van der Waals surface area contributed by atoms with E-state index in [-0.39, 0.29) is 12.0 Å². The number of pyridine rings is 1. The molecule has 5 rings (SSSR count). The lowest BCUT2D eigenvalue weighted by Crippen LogP contribution is -2.47. The number of ether oxygens (including phenoxy) is 1. The molecule has 0 bridgehead atoms. The average Bonchev–Trinajstić information content (AvgIpc) is 3.29. The summed E-state index contributed by atoms with van der Waals surface area (Å²) in [6.07, 6.45) is 1.91. The molecular weight excluding hydrogens is 426 g/mol. The fraction of sp³-hybridized carbons (Fsp3) is 0.296. The number of aromatic nitrogens is 3. The normalized spacial score (nSPS) is 14.6. The van der Waals surface area contributed by atoms with Gasteiger partial charge < -0.3 is 19.5 Å². The summed E-state index contributed by atoms with van der Waals surface area (Å²) in [4.78, 5) is 29.6. The quantitative estimate of drug-likeness (QED) is 0.481. The standard InChI is InChI=1S/C27H29N5O2/c1-18(2)34-22-10-8-19(9-11-22)23-12-13-28-26-24(23)29-25(30-26)20-4-6-21(7-5-20)27(33)32-16-14-31(3)15-17-32/h4-13,18H,14-17H2,1-3H3,(H,28,29,30). The van der Waals surface area contributed by atoms with E-state index in [1.54, 1.807) is 6.20 Å². The highest BCUT2D eigenvalue weighted by molar-refractivity contribution is 5.95. The Balaban J connectivity index is 1.39. The van der Waals surface area contributed by atoms with Gasteiger partial charge in [-0.25, -0.2) is 9.97 Å². The SMILES string of the molecule is CC(C)Oc1ccc(-c2ccnc3nc(-c4ccc(C(=O)N5CCN(C)CC5)cc4)[nH]c23)cc1. The molecule has 3 heterocycles. The molecule has 0 atom stereocenters. The first kappa shape index (κ1) is 22.1. The molecule has 34 heavy (non-hydrogen) atoms. The van der Waals surface area contributed by atoms with Gasteiger partial charge in [-0.05, 0) is 56.8 Å². The van der Waals surface area contributed by atoms with E-state index in [2.05, 4.69) is 21.9 Å². The van der Waals surface area contributed by atoms with Crippen LogP contribution >= 0.6 is 0 Å². The number of carbonyl (C=O) groups is 1. The molecule has 0 radical (unpaired) electrons. The van der Waals surface area contributed by atoms with Gasteiger partial charge in [-0.2, -0.15) is 0 Å². The Morgan fingerprint density at radius 1 is 0.941 bits per heavy atom. The van der Waals surface area contributed by atoms with Gasteiger partial charge in [-0.15, -0.1) is 0 Å². The van der Waals surface area contributed by atoms with Crippen LogP contribution in [0.3, 0.4) is 0 Å². The van der Waals surface area contributed by atoms with Crippen LogP contribution in [0.1, 0.15) is 24.2 Å². The van der Waals surface area contributed by atoms with Crippen molar-refractivity contribution in [2.75, 3.05) is 33.2 Å². The minimum atomic E-state index is 0.0816. The third-order valence-electron chi connectivity index (χ3n) is 6.12. The van der Waals surface area contributed by atoms with Gasteiger partial charge in [-0.1, -0.05) is 24.3 Å². The van der Waals surface area contributed by atoms with Gasteiger partial charge in [-0.3, -0.25) is 4.79 Å². The Labute approximate surface area is 199 Å². The zero-order valence-electron chi connectivity index (χ0n) is 19.8. The number of H-pyrrole nitrogens is 1. The predicted molar refractivity (Wildman–Crippen MR) is 134 cm³/mol. The Kier molecular flexibility index (Phi) is 6.02. The largest absolute Gasteiger partial charge is 0.491 e. The van der Waals surface area contributed by atoms with Crippen LogP contribution in [0.15, 0.2) is 60.8 Å². The van der Waals surface area contributed by atoms with Gasteiger partial charge in [0, 0.05) is 49.1 Å². The summed E-state index contributed by atoms with van der Waals surface area (Å²) >= 11 is 0. The van der Waals surface area contributed by atoms with Crippen LogP contribution < -0.4 is 4.74 Å². The molecule has 0 spiro atoms. The van der Waals surface area contributed by atoms with E-state index in [1.807, 2.05) is 73.3 Å². The van der Waals surface area contributed by atoms with Crippen LogP contribution in [0.5, 0.6) is 5.75 Å². The molecule has 0 saturated carbocycles. The van der Waals surface area contributed by atoms with E-state index < -0.39 is 0 Å². The zero-order chi connectivity index (χ0) is 23.7. The first-order chi connectivity index (χ1) is 16.5. The molecule has 1 fully saturated rings. The number of piperazine rings is 1. The summed E-state index contributed by atoms with van der Waals surface area (Å²) in [5.74, 6) is 1.66. The van der Waals surface area contributed by atoms with Crippen molar-refractivity contribution in [1.82, 2.24) is 24.8 Å². The number of amides is 1. The molecule has 1 saturated heterocycles. The summed E-state index contributed by atoms with van der Waals surface area (Å²) in [5.41, 5.74) is 5.25. The molecule has 1 aliphatic heterocycles. The van der Waals surface area contributed by atoms with E-state index in [4.69, 9.17) is 9.72 Å². The summed E-state index contributed by atoms with van der Waals surface area (Å²) in [5, 5.41) is 0. The van der Waals surface area contributed by atoms with Gasteiger partial charge >= 0.3 is 0 Å². The Morgan fingerprint density at radius 3 is 2.29 bits per heavy atom. The van der Waals surface area contributed by atoms with Crippen LogP contribution in [0.25, 0.3) is 33.7 Å². The van der Waals surface area contributed by atoms with Crippen molar-refractivity contribution < 1.29 is 9.53 Å². The van der Waals surface area contributed by atoms with E-state index in [0.717, 1.165) is 60.0 Å². The molecule has 7 nitrogen and oxygen atoms in total. The first-order valence-corrected chi connectivity index (χ1v) is 11.7. The Morgan fingerprint density at radius 2 is 1.62 bits per heavy atom. The smallest absolute Gasteiger partial charge is 0.253 e. The number of nitrogens with zero attached hydrogens (tertiary/aromatic N) is 4. The Hall–Kier alpha value is -3.71. The monoisotopic (exact) mass is 455 g/mol. The number of nitrogens with one attached hydrogen (secondary N) is 1. The summed E-state index contributed by atoms with van der Waals surface area (Å²) in [6, 6.07) is 17.7. The van der Waals surface area contributed by atoms with Crippen molar-refractivity contribution in [3.63, 3.8) is 0 Å². The molecule has 2 aromatic carbocycles. The van der Waals surface area contributed by atoms with E-state index in [0.29, 0.717) is 11.2 Å². The third-order valence-corrected chi connectivity index (χ3v) is 6.12. The van der Waals surface area contributed by atoms with Gasteiger partial charge in [0.25, 0.3) is 5.91 Å². The molecule has 1 aliphatic rings. The maximum Gasteiger partial charge on any atom is 0.253 e. The highest BCUT2D eigenvalue weighted by atomic mass is 16.5. The molecule has 2 aromatic heterocycles. The molecule has 1 N–H and O–H groups in total. The van der Waals surface area contributed by atoms with Crippen LogP contribution in [0.4, 0.5) is 0 Å². The minimum absolute atomic E-state index is 0.0816. The van der Waals surface area contributed by atoms with Crippen molar-refractivity contribution in [3.05, 3.63) is 66.4 Å². The summed E-state index contributed by atoms with van der Waals surface area (Å²) in [6.45, 7) is 7.37. The molecule has 0 unspecified atom stereocenters. The molecule has 4 aromatic rings. The third kappa shape index (κ3) is 4.52. The maximum atomic E-state index is 12.8. The van der Waals surface area contributed by atoms with Gasteiger partial charge in [0.1, 0.15) is 11.6 Å². The second kappa shape index (κ2) is 9.27. The van der Waals surface area contributed by atoms with Gasteiger partial charge in [0.15, 0.2) is 5.65 Å². The molecule has 1 amide bonds. The van der Waals surface area contributed by atoms with Crippen LogP contribution in [0.2, 0.25) is 0 Å². The minimum Gasteiger partial charge on any atom is -0.491 e. The fourth-order valence-corrected chi connectivity index (χ4v) is 4.24. The molecule has 0 aliphatic carbocycles. The lowest BCUT2D eigenvalue weighted by molar-refractivity contribution is 0.0664. The number of likely N-dealkylation sites (N-methyl/N-ethyl adjacent to an activating group) is 1. The van der Waals surface area contributed by atoms with Crippen molar-refractivity contribution in [2.24, 2.45) is 0 Å². The number of carbonyl (C=O) groups excluding carboxylic acids is 1. The topological polar surface area (TPSA) is 74.4 Å². The van der Waals surface area contributed by atoms with Crippen molar-refractivity contribution >= 4 is 17.1 Å². The number of hydrogen-bond donors (Lipinski definition) is 1. The summed E-state index contributed by atoms with van der Waals surface area (Å²) in [7, 11) is 2.08. The number of hydrogen-bond acceptors (Lipinski definition) is 5. The number of fused-ring (bicyclic) bond motifs is 1. The van der Waals surface area contributed by atoms with Gasteiger partial charge in [0.2, 0.25) is 0 Å². The number of benzene rings is 2. The summed E-state index contributed by atoms with van der Waals surface area (Å²) < 4.78 is 5.76. The predicted octanol–water partition coefficient (Wildman–Crippen LogP) is 4.47. The molecule has 174 valence electrons. The van der Waals surface area contributed by atoms with E-state index >= 15 is 0 Å². The first-order valence-electron chi connectivity index (χ1n) is 11.7. The second-order valence-electron chi connectivity index (χ2n) is 9.01. The van der Waals surface area contributed by atoms with Crippen LogP contribution in [-0.2, 0) is 0 Å². The Bertz CT molecular complexity index is 1290. The highest BCUT2D eigenvalue weighted by Gasteiger charge is 2.20. The van der Waals surface area contributed by atoms with E-state index in [1.165, 1.54) is 0 Å². The average molecular weight is 456 g/mol. The van der Waals surface area contributed by atoms with Crippen LogP contribution in [-0.4, -0.2) is 70.0 Å². The lowest BCUT2D eigenvalue weighted by Gasteiger charge is -2.32. The van der Waals surface area contributed by atoms with Crippen molar-refractivity contribution in [3.8, 4) is 28.3 Å². The molecular formula is C27H29N5O2. The number of rotatable bonds is 5. The van der Waals surface area contributed by atoms with Crippen molar-refractivity contribution in [2.45, 2.75) is 20.0 Å². The number of imidazole rings is 1. The highest BCUT2D eigenvalue weighted by Crippen LogP contribution is 2.30. The second-order valence-corrected chi connectivity index (χ2v) is 9.01. The molecule has 7 heteroatoms.